The van der Waals surface area contributed by atoms with E-state index in [0.717, 1.165) is 25.8 Å². The van der Waals surface area contributed by atoms with Crippen LogP contribution >= 0.6 is 0 Å². The lowest BCUT2D eigenvalue weighted by Gasteiger charge is -2.27. The van der Waals surface area contributed by atoms with Crippen LogP contribution in [0, 0.1) is 11.8 Å². The molecule has 3 heterocycles. The monoisotopic (exact) mass is 328 g/mol. The number of pyridine rings is 1. The molecule has 2 aromatic heterocycles. The maximum absolute atomic E-state index is 12.6. The predicted octanol–water partition coefficient (Wildman–Crippen LogP) is 1.29. The molecular formula is C16H20N6O2. The van der Waals surface area contributed by atoms with Crippen LogP contribution < -0.4 is 5.32 Å². The van der Waals surface area contributed by atoms with Crippen molar-refractivity contribution < 1.29 is 9.90 Å². The summed E-state index contributed by atoms with van der Waals surface area (Å²) in [6, 6.07) is 3.44. The molecule has 2 amide bonds. The standard InChI is InChI=1S/C16H20N6O2/c23-13-4-3-11-7-21(8-12(11)6-13)16(24)20-14-2-1-5-18-15(14)22-10-17-9-19-22/h1-2,5,9-13,23H,3-4,6-8H2,(H,20,24). The van der Waals surface area contributed by atoms with Crippen molar-refractivity contribution in [2.24, 2.45) is 11.8 Å². The largest absolute Gasteiger partial charge is 0.393 e. The average Bonchev–Trinajstić information content (AvgIpc) is 3.24. The van der Waals surface area contributed by atoms with Crippen LogP contribution in [-0.4, -0.2) is 55.0 Å². The first-order valence-electron chi connectivity index (χ1n) is 8.24. The van der Waals surface area contributed by atoms with E-state index in [1.807, 2.05) is 4.90 Å². The summed E-state index contributed by atoms with van der Waals surface area (Å²) in [5, 5.41) is 16.8. The first kappa shape index (κ1) is 15.1. The molecule has 0 aromatic carbocycles. The number of carbonyl (C=O) groups is 1. The number of aliphatic hydroxyl groups is 1. The van der Waals surface area contributed by atoms with E-state index in [1.165, 1.54) is 11.0 Å². The second-order valence-electron chi connectivity index (χ2n) is 6.54. The van der Waals surface area contributed by atoms with Gasteiger partial charge in [0.05, 0.1) is 11.8 Å². The number of hydrogen-bond donors (Lipinski definition) is 2. The van der Waals surface area contributed by atoms with E-state index >= 15 is 0 Å². The molecule has 0 spiro atoms. The highest BCUT2D eigenvalue weighted by molar-refractivity contribution is 5.91. The number of aromatic nitrogens is 4. The molecule has 3 unspecified atom stereocenters. The van der Waals surface area contributed by atoms with Crippen molar-refractivity contribution in [1.82, 2.24) is 24.6 Å². The van der Waals surface area contributed by atoms with Gasteiger partial charge in [-0.3, -0.25) is 0 Å². The lowest BCUT2D eigenvalue weighted by Crippen LogP contribution is -2.33. The number of hydrogen-bond acceptors (Lipinski definition) is 5. The maximum atomic E-state index is 12.6. The molecule has 2 fully saturated rings. The van der Waals surface area contributed by atoms with Gasteiger partial charge in [-0.1, -0.05) is 0 Å². The van der Waals surface area contributed by atoms with Gasteiger partial charge in [-0.25, -0.2) is 19.4 Å². The van der Waals surface area contributed by atoms with Gasteiger partial charge in [0.25, 0.3) is 0 Å². The Hall–Kier alpha value is -2.48. The summed E-state index contributed by atoms with van der Waals surface area (Å²) in [7, 11) is 0. The number of fused-ring (bicyclic) bond motifs is 1. The van der Waals surface area contributed by atoms with E-state index in [1.54, 1.807) is 24.7 Å². The molecule has 2 aliphatic rings. The van der Waals surface area contributed by atoms with E-state index in [2.05, 4.69) is 20.4 Å². The normalized spacial score (nSPS) is 26.2. The highest BCUT2D eigenvalue weighted by atomic mass is 16.3. The summed E-state index contributed by atoms with van der Waals surface area (Å²) in [6.45, 7) is 1.45. The molecule has 24 heavy (non-hydrogen) atoms. The van der Waals surface area contributed by atoms with Crippen LogP contribution in [0.2, 0.25) is 0 Å². The van der Waals surface area contributed by atoms with Gasteiger partial charge in [0, 0.05) is 19.3 Å². The van der Waals surface area contributed by atoms with Crippen molar-refractivity contribution in [3.05, 3.63) is 31.0 Å². The molecule has 3 atom stereocenters. The Morgan fingerprint density at radius 3 is 3.00 bits per heavy atom. The minimum absolute atomic E-state index is 0.131. The number of aliphatic hydroxyl groups excluding tert-OH is 1. The van der Waals surface area contributed by atoms with Crippen molar-refractivity contribution in [1.29, 1.82) is 0 Å². The molecule has 8 heteroatoms. The first-order valence-corrected chi connectivity index (χ1v) is 8.24. The van der Waals surface area contributed by atoms with E-state index in [9.17, 15) is 9.90 Å². The summed E-state index contributed by atoms with van der Waals surface area (Å²) in [4.78, 5) is 22.7. The number of anilines is 1. The maximum Gasteiger partial charge on any atom is 0.321 e. The topological polar surface area (TPSA) is 96.2 Å². The summed E-state index contributed by atoms with van der Waals surface area (Å²) < 4.78 is 1.52. The molecule has 0 bridgehead atoms. The van der Waals surface area contributed by atoms with Gasteiger partial charge in [0.2, 0.25) is 0 Å². The molecule has 1 aliphatic carbocycles. The molecule has 1 aliphatic heterocycles. The Bertz CT molecular complexity index is 719. The van der Waals surface area contributed by atoms with Crippen LogP contribution in [0.15, 0.2) is 31.0 Å². The van der Waals surface area contributed by atoms with E-state index in [0.29, 0.717) is 29.9 Å². The minimum atomic E-state index is -0.216. The second-order valence-corrected chi connectivity index (χ2v) is 6.54. The van der Waals surface area contributed by atoms with Crippen molar-refractivity contribution >= 4 is 11.7 Å². The lowest BCUT2D eigenvalue weighted by atomic mass is 9.80. The molecule has 4 rings (SSSR count). The molecule has 8 nitrogen and oxygen atoms in total. The van der Waals surface area contributed by atoms with Crippen LogP contribution in [0.1, 0.15) is 19.3 Å². The third kappa shape index (κ3) is 2.84. The molecular weight excluding hydrogens is 308 g/mol. The lowest BCUT2D eigenvalue weighted by molar-refractivity contribution is 0.0866. The Labute approximate surface area is 139 Å². The van der Waals surface area contributed by atoms with Crippen molar-refractivity contribution in [3.63, 3.8) is 0 Å². The van der Waals surface area contributed by atoms with Gasteiger partial charge in [0.1, 0.15) is 12.7 Å². The number of likely N-dealkylation sites (tertiary alicyclic amines) is 1. The highest BCUT2D eigenvalue weighted by Crippen LogP contribution is 2.36. The molecule has 2 N–H and O–H groups in total. The third-order valence-electron chi connectivity index (χ3n) is 4.97. The zero-order valence-electron chi connectivity index (χ0n) is 13.2. The summed E-state index contributed by atoms with van der Waals surface area (Å²) in [6.07, 6.45) is 7.04. The Kier molecular flexibility index (Phi) is 3.89. The molecule has 1 saturated carbocycles. The molecule has 2 aromatic rings. The van der Waals surface area contributed by atoms with Crippen LogP contribution in [0.5, 0.6) is 0 Å². The summed E-state index contributed by atoms with van der Waals surface area (Å²) in [5.41, 5.74) is 0.600. The van der Waals surface area contributed by atoms with Gasteiger partial charge < -0.3 is 15.3 Å². The van der Waals surface area contributed by atoms with E-state index < -0.39 is 0 Å². The van der Waals surface area contributed by atoms with E-state index in [-0.39, 0.29) is 12.1 Å². The minimum Gasteiger partial charge on any atom is -0.393 e. The smallest absolute Gasteiger partial charge is 0.321 e. The number of urea groups is 1. The zero-order valence-corrected chi connectivity index (χ0v) is 13.2. The fourth-order valence-corrected chi connectivity index (χ4v) is 3.76. The number of rotatable bonds is 2. The van der Waals surface area contributed by atoms with E-state index in [4.69, 9.17) is 0 Å². The number of carbonyl (C=O) groups excluding carboxylic acids is 1. The zero-order chi connectivity index (χ0) is 16.5. The Morgan fingerprint density at radius 1 is 1.29 bits per heavy atom. The first-order chi connectivity index (χ1) is 11.7. The van der Waals surface area contributed by atoms with Crippen LogP contribution in [0.3, 0.4) is 0 Å². The fraction of sp³-hybridized carbons (Fsp3) is 0.500. The highest BCUT2D eigenvalue weighted by Gasteiger charge is 2.39. The predicted molar refractivity (Wildman–Crippen MR) is 86.6 cm³/mol. The molecule has 126 valence electrons. The number of amides is 2. The number of nitrogens with one attached hydrogen (secondary N) is 1. The SMILES string of the molecule is O=C(Nc1cccnc1-n1cncn1)N1CC2CCC(O)CC2C1. The van der Waals surface area contributed by atoms with Crippen LogP contribution in [0.25, 0.3) is 5.82 Å². The van der Waals surface area contributed by atoms with Crippen LogP contribution in [-0.2, 0) is 0 Å². The number of nitrogens with zero attached hydrogens (tertiary/aromatic N) is 5. The third-order valence-corrected chi connectivity index (χ3v) is 4.97. The van der Waals surface area contributed by atoms with Gasteiger partial charge in [0.15, 0.2) is 5.82 Å². The Morgan fingerprint density at radius 2 is 2.17 bits per heavy atom. The average molecular weight is 328 g/mol. The quantitative estimate of drug-likeness (QED) is 0.866. The second kappa shape index (κ2) is 6.20. The van der Waals surface area contributed by atoms with Crippen molar-refractivity contribution in [2.75, 3.05) is 18.4 Å². The molecule has 0 radical (unpaired) electrons. The summed E-state index contributed by atoms with van der Waals surface area (Å²) >= 11 is 0. The van der Waals surface area contributed by atoms with Crippen molar-refractivity contribution in [2.45, 2.75) is 25.4 Å². The summed E-state index contributed by atoms with van der Waals surface area (Å²) in [5.74, 6) is 1.45. The van der Waals surface area contributed by atoms with Gasteiger partial charge in [-0.15, -0.1) is 0 Å². The van der Waals surface area contributed by atoms with Gasteiger partial charge >= 0.3 is 6.03 Å². The Balaban J connectivity index is 1.48. The fourth-order valence-electron chi connectivity index (χ4n) is 3.76. The van der Waals surface area contributed by atoms with Gasteiger partial charge in [-0.05, 0) is 43.2 Å². The van der Waals surface area contributed by atoms with Crippen molar-refractivity contribution in [3.8, 4) is 5.82 Å². The van der Waals surface area contributed by atoms with Crippen LogP contribution in [0.4, 0.5) is 10.5 Å². The van der Waals surface area contributed by atoms with Gasteiger partial charge in [-0.2, -0.15) is 5.10 Å². The molecule has 1 saturated heterocycles.